The molecule has 0 radical (unpaired) electrons. The number of pyridine rings is 1. The molecule has 0 aliphatic carbocycles. The van der Waals surface area contributed by atoms with Gasteiger partial charge in [0.25, 0.3) is 5.91 Å². The summed E-state index contributed by atoms with van der Waals surface area (Å²) < 4.78 is 46.3. The maximum absolute atomic E-state index is 13.2. The Hall–Kier alpha value is -5.16. The highest BCUT2D eigenvalue weighted by atomic mass is 19.4. The van der Waals surface area contributed by atoms with Gasteiger partial charge >= 0.3 is 6.18 Å². The van der Waals surface area contributed by atoms with Gasteiger partial charge in [0.1, 0.15) is 12.3 Å². The van der Waals surface area contributed by atoms with Gasteiger partial charge in [-0.3, -0.25) is 14.5 Å². The molecule has 3 aromatic carbocycles. The molecule has 6 rings (SSSR count). The summed E-state index contributed by atoms with van der Waals surface area (Å²) in [7, 11) is 0. The van der Waals surface area contributed by atoms with Gasteiger partial charge in [0.15, 0.2) is 0 Å². The van der Waals surface area contributed by atoms with E-state index in [9.17, 15) is 22.8 Å². The van der Waals surface area contributed by atoms with E-state index in [1.807, 2.05) is 58.1 Å². The van der Waals surface area contributed by atoms with E-state index < -0.39 is 17.6 Å². The second-order valence-electron chi connectivity index (χ2n) is 10.8. The predicted octanol–water partition coefficient (Wildman–Crippen LogP) is 6.44. The Morgan fingerprint density at radius 2 is 1.60 bits per heavy atom. The van der Waals surface area contributed by atoms with Gasteiger partial charge < -0.3 is 19.5 Å². The number of alkyl halides is 3. The number of benzene rings is 3. The summed E-state index contributed by atoms with van der Waals surface area (Å²) in [5, 5.41) is 3.44. The number of ether oxygens (including phenoxy) is 1. The molecule has 1 fully saturated rings. The fourth-order valence-corrected chi connectivity index (χ4v) is 5.31. The number of anilines is 1. The lowest BCUT2D eigenvalue weighted by Gasteiger charge is -2.35. The van der Waals surface area contributed by atoms with Crippen molar-refractivity contribution >= 4 is 28.4 Å². The van der Waals surface area contributed by atoms with E-state index in [-0.39, 0.29) is 23.9 Å². The first-order valence-corrected chi connectivity index (χ1v) is 14.5. The van der Waals surface area contributed by atoms with Crippen LogP contribution in [0.1, 0.15) is 21.5 Å². The van der Waals surface area contributed by atoms with Crippen molar-refractivity contribution in [2.24, 2.45) is 0 Å². The molecule has 2 aromatic heterocycles. The first-order valence-electron chi connectivity index (χ1n) is 14.5. The van der Waals surface area contributed by atoms with Crippen LogP contribution in [0.15, 0.2) is 103 Å². The largest absolute Gasteiger partial charge is 0.438 e. The summed E-state index contributed by atoms with van der Waals surface area (Å²) in [5.74, 6) is 0.345. The maximum Gasteiger partial charge on any atom is 0.416 e. The van der Waals surface area contributed by atoms with Crippen LogP contribution in [-0.4, -0.2) is 57.3 Å². The van der Waals surface area contributed by atoms with Crippen molar-refractivity contribution in [3.05, 3.63) is 120 Å². The number of hydrogen-bond acceptors (Lipinski definition) is 5. The van der Waals surface area contributed by atoms with Crippen LogP contribution in [0.2, 0.25) is 0 Å². The van der Waals surface area contributed by atoms with Crippen LogP contribution in [0.3, 0.4) is 0 Å². The third-order valence-electron chi connectivity index (χ3n) is 7.74. The molecule has 8 nitrogen and oxygen atoms in total. The third-order valence-corrected chi connectivity index (χ3v) is 7.74. The summed E-state index contributed by atoms with van der Waals surface area (Å²) >= 11 is 0. The van der Waals surface area contributed by atoms with Crippen molar-refractivity contribution in [2.75, 3.05) is 31.5 Å². The molecule has 0 spiro atoms. The van der Waals surface area contributed by atoms with Gasteiger partial charge in [-0.2, -0.15) is 13.2 Å². The lowest BCUT2D eigenvalue weighted by atomic mass is 10.1. The average Bonchev–Trinajstić information content (AvgIpc) is 3.46. The van der Waals surface area contributed by atoms with Crippen molar-refractivity contribution < 1.29 is 27.5 Å². The number of nitrogens with one attached hydrogen (secondary N) is 1. The molecular weight excluding hydrogens is 583 g/mol. The molecule has 0 atom stereocenters. The standard InChI is InChI=1S/C34H30F3N5O3/c35-34(36,37)26-11-9-25(10-12-26)33(44)39-27-13-14-31(38-21-27)45-30-8-4-7-29-28(30)15-16-42(29)23-32(43)41-19-17-40(18-20-41)22-24-5-2-1-3-6-24/h1-16,21H,17-20,22-23H2,(H,39,44). The Kier molecular flexibility index (Phi) is 8.52. The number of amides is 2. The monoisotopic (exact) mass is 613 g/mol. The van der Waals surface area contributed by atoms with E-state index in [1.54, 1.807) is 12.1 Å². The minimum Gasteiger partial charge on any atom is -0.438 e. The fourth-order valence-electron chi connectivity index (χ4n) is 5.31. The SMILES string of the molecule is O=C(Nc1ccc(Oc2cccc3c2ccn3CC(=O)N2CCN(Cc3ccccc3)CC2)nc1)c1ccc(C(F)(F)F)cc1. The molecule has 0 unspecified atom stereocenters. The quantitative estimate of drug-likeness (QED) is 0.218. The number of hydrogen-bond donors (Lipinski definition) is 1. The minimum absolute atomic E-state index is 0.0637. The molecule has 1 aliphatic rings. The fraction of sp³-hybridized carbons (Fsp3) is 0.206. The number of carbonyl (C=O) groups excluding carboxylic acids is 2. The third kappa shape index (κ3) is 7.15. The summed E-state index contributed by atoms with van der Waals surface area (Å²) in [4.78, 5) is 34.2. The van der Waals surface area contributed by atoms with E-state index in [0.29, 0.717) is 24.5 Å². The highest BCUT2D eigenvalue weighted by Gasteiger charge is 2.30. The predicted molar refractivity (Wildman–Crippen MR) is 164 cm³/mol. The smallest absolute Gasteiger partial charge is 0.416 e. The van der Waals surface area contributed by atoms with Gasteiger partial charge in [0, 0.05) is 55.9 Å². The molecule has 0 bridgehead atoms. The number of piperazine rings is 1. The number of carbonyl (C=O) groups is 2. The molecule has 11 heteroatoms. The number of aromatic nitrogens is 2. The zero-order valence-corrected chi connectivity index (χ0v) is 24.2. The zero-order valence-electron chi connectivity index (χ0n) is 24.2. The molecule has 0 saturated carbocycles. The molecule has 1 aliphatic heterocycles. The molecule has 3 heterocycles. The number of rotatable bonds is 8. The molecule has 1 saturated heterocycles. The Balaban J connectivity index is 1.05. The highest BCUT2D eigenvalue weighted by Crippen LogP contribution is 2.31. The minimum atomic E-state index is -4.47. The Bertz CT molecular complexity index is 1780. The number of halogens is 3. The Morgan fingerprint density at radius 3 is 2.29 bits per heavy atom. The lowest BCUT2D eigenvalue weighted by molar-refractivity contribution is -0.137. The Labute approximate surface area is 257 Å². The summed E-state index contributed by atoms with van der Waals surface area (Å²) in [5.41, 5.74) is 1.74. The average molecular weight is 614 g/mol. The van der Waals surface area contributed by atoms with Crippen molar-refractivity contribution in [3.8, 4) is 11.6 Å². The van der Waals surface area contributed by atoms with Crippen LogP contribution in [-0.2, 0) is 24.1 Å². The number of fused-ring (bicyclic) bond motifs is 1. The lowest BCUT2D eigenvalue weighted by Crippen LogP contribution is -2.49. The second kappa shape index (κ2) is 12.8. The summed E-state index contributed by atoms with van der Waals surface area (Å²) in [6, 6.07) is 25.0. The van der Waals surface area contributed by atoms with E-state index in [2.05, 4.69) is 27.3 Å². The zero-order chi connectivity index (χ0) is 31.4. The normalized spacial score (nSPS) is 14.0. The van der Waals surface area contributed by atoms with E-state index >= 15 is 0 Å². The van der Waals surface area contributed by atoms with Crippen LogP contribution in [0.4, 0.5) is 18.9 Å². The first kappa shape index (κ1) is 29.9. The molecule has 230 valence electrons. The van der Waals surface area contributed by atoms with Crippen LogP contribution < -0.4 is 10.1 Å². The van der Waals surface area contributed by atoms with Gasteiger partial charge in [0.2, 0.25) is 11.8 Å². The summed E-state index contributed by atoms with van der Waals surface area (Å²) in [6.45, 7) is 4.13. The van der Waals surface area contributed by atoms with Crippen molar-refractivity contribution in [1.82, 2.24) is 19.4 Å². The molecule has 1 N–H and O–H groups in total. The van der Waals surface area contributed by atoms with E-state index in [4.69, 9.17) is 4.74 Å². The molecule has 45 heavy (non-hydrogen) atoms. The van der Waals surface area contributed by atoms with Crippen LogP contribution in [0.5, 0.6) is 11.6 Å². The van der Waals surface area contributed by atoms with E-state index in [0.717, 1.165) is 54.8 Å². The summed E-state index contributed by atoms with van der Waals surface area (Å²) in [6.07, 6.45) is -1.20. The van der Waals surface area contributed by atoms with E-state index in [1.165, 1.54) is 11.8 Å². The van der Waals surface area contributed by atoms with Gasteiger partial charge in [-0.1, -0.05) is 36.4 Å². The second-order valence-corrected chi connectivity index (χ2v) is 10.8. The van der Waals surface area contributed by atoms with Crippen molar-refractivity contribution in [2.45, 2.75) is 19.3 Å². The molecule has 5 aromatic rings. The number of nitrogens with zero attached hydrogens (tertiary/aromatic N) is 4. The maximum atomic E-state index is 13.2. The van der Waals surface area contributed by atoms with Gasteiger partial charge in [-0.15, -0.1) is 0 Å². The van der Waals surface area contributed by atoms with Crippen LogP contribution in [0, 0.1) is 0 Å². The topological polar surface area (TPSA) is 79.7 Å². The van der Waals surface area contributed by atoms with Crippen molar-refractivity contribution in [3.63, 3.8) is 0 Å². The van der Waals surface area contributed by atoms with Gasteiger partial charge in [-0.25, -0.2) is 4.98 Å². The van der Waals surface area contributed by atoms with Gasteiger partial charge in [0.05, 0.1) is 23.0 Å². The van der Waals surface area contributed by atoms with Gasteiger partial charge in [-0.05, 0) is 54.1 Å². The molecule has 2 amide bonds. The van der Waals surface area contributed by atoms with Crippen LogP contribution in [0.25, 0.3) is 10.9 Å². The molecular formula is C34H30F3N5O3. The first-order chi connectivity index (χ1) is 21.7. The Morgan fingerprint density at radius 1 is 0.844 bits per heavy atom. The highest BCUT2D eigenvalue weighted by molar-refractivity contribution is 6.04. The van der Waals surface area contributed by atoms with Crippen LogP contribution >= 0.6 is 0 Å². The van der Waals surface area contributed by atoms with Crippen molar-refractivity contribution in [1.29, 1.82) is 0 Å².